The van der Waals surface area contributed by atoms with Crippen LogP contribution in [0.25, 0.3) is 10.9 Å². The minimum absolute atomic E-state index is 0.235. The second-order valence-corrected chi connectivity index (χ2v) is 6.95. The predicted octanol–water partition coefficient (Wildman–Crippen LogP) is 3.33. The van der Waals surface area contributed by atoms with Gasteiger partial charge in [-0.2, -0.15) is 5.10 Å². The molecule has 5 nitrogen and oxygen atoms in total. The zero-order valence-electron chi connectivity index (χ0n) is 12.7. The number of hydrogen-bond acceptors (Lipinski definition) is 3. The number of anilines is 1. The summed E-state index contributed by atoms with van der Waals surface area (Å²) in [5.74, 6) is 0. The Hall–Kier alpha value is -2.60. The highest BCUT2D eigenvalue weighted by Crippen LogP contribution is 2.25. The van der Waals surface area contributed by atoms with Gasteiger partial charge in [0, 0.05) is 5.39 Å². The molecule has 0 bridgehead atoms. The second-order valence-electron chi connectivity index (χ2n) is 5.27. The largest absolute Gasteiger partial charge is 0.279 e. The van der Waals surface area contributed by atoms with Crippen LogP contribution in [0.2, 0.25) is 0 Å². The summed E-state index contributed by atoms with van der Waals surface area (Å²) in [6, 6.07) is 12.2. The maximum absolute atomic E-state index is 12.5. The third-order valence-corrected chi connectivity index (χ3v) is 4.95. The number of sulfonamides is 1. The van der Waals surface area contributed by atoms with Crippen molar-refractivity contribution in [2.24, 2.45) is 0 Å². The highest BCUT2D eigenvalue weighted by atomic mass is 32.2. The molecule has 2 aromatic carbocycles. The number of nitrogens with one attached hydrogen (secondary N) is 1. The van der Waals surface area contributed by atoms with Gasteiger partial charge in [-0.3, -0.25) is 9.40 Å². The molecule has 0 unspecified atom stereocenters. The molecule has 0 radical (unpaired) electrons. The third kappa shape index (κ3) is 2.98. The summed E-state index contributed by atoms with van der Waals surface area (Å²) >= 11 is 0. The van der Waals surface area contributed by atoms with Crippen LogP contribution < -0.4 is 4.72 Å². The molecule has 23 heavy (non-hydrogen) atoms. The second kappa shape index (κ2) is 5.89. The first-order valence-corrected chi connectivity index (χ1v) is 8.64. The Morgan fingerprint density at radius 1 is 1.22 bits per heavy atom. The van der Waals surface area contributed by atoms with E-state index in [0.29, 0.717) is 12.2 Å². The summed E-state index contributed by atoms with van der Waals surface area (Å²) in [5.41, 5.74) is 2.38. The lowest BCUT2D eigenvalue weighted by Crippen LogP contribution is -2.13. The van der Waals surface area contributed by atoms with Crippen LogP contribution in [0.3, 0.4) is 0 Å². The Bertz CT molecular complexity index is 957. The van der Waals surface area contributed by atoms with Crippen LogP contribution in [-0.4, -0.2) is 18.2 Å². The molecule has 0 atom stereocenters. The Balaban J connectivity index is 2.01. The zero-order chi connectivity index (χ0) is 16.4. The molecule has 1 heterocycles. The Kier molecular flexibility index (Phi) is 3.92. The van der Waals surface area contributed by atoms with Crippen molar-refractivity contribution in [3.05, 3.63) is 66.9 Å². The van der Waals surface area contributed by atoms with E-state index in [0.717, 1.165) is 16.5 Å². The van der Waals surface area contributed by atoms with E-state index in [-0.39, 0.29) is 4.90 Å². The van der Waals surface area contributed by atoms with Gasteiger partial charge in [0.15, 0.2) is 0 Å². The molecule has 118 valence electrons. The number of fused-ring (bicyclic) bond motifs is 1. The van der Waals surface area contributed by atoms with Crippen molar-refractivity contribution >= 4 is 26.6 Å². The monoisotopic (exact) mass is 327 g/mol. The third-order valence-electron chi connectivity index (χ3n) is 3.57. The quantitative estimate of drug-likeness (QED) is 0.731. The number of aromatic nitrogens is 2. The number of nitrogens with zero attached hydrogens (tertiary/aromatic N) is 2. The number of rotatable bonds is 5. The molecule has 6 heteroatoms. The molecule has 0 fully saturated rings. The number of hydrogen-bond donors (Lipinski definition) is 1. The minimum atomic E-state index is -3.63. The van der Waals surface area contributed by atoms with Gasteiger partial charge in [-0.15, -0.1) is 6.58 Å². The van der Waals surface area contributed by atoms with E-state index in [1.807, 2.05) is 13.0 Å². The SMILES string of the molecule is C=CCn1ncc2c(NS(=O)(=O)c3ccc(C)cc3)cccc21. The van der Waals surface area contributed by atoms with Crippen molar-refractivity contribution in [1.82, 2.24) is 9.78 Å². The molecule has 0 amide bonds. The fourth-order valence-corrected chi connectivity index (χ4v) is 3.46. The maximum Gasteiger partial charge on any atom is 0.261 e. The first kappa shape index (κ1) is 15.3. The number of aryl methyl sites for hydroxylation is 1. The van der Waals surface area contributed by atoms with Crippen molar-refractivity contribution in [1.29, 1.82) is 0 Å². The summed E-state index contributed by atoms with van der Waals surface area (Å²) < 4.78 is 29.5. The van der Waals surface area contributed by atoms with Crippen LogP contribution in [0, 0.1) is 6.92 Å². The molecule has 0 spiro atoms. The Morgan fingerprint density at radius 3 is 2.65 bits per heavy atom. The minimum Gasteiger partial charge on any atom is -0.279 e. The van der Waals surface area contributed by atoms with Gasteiger partial charge in [-0.25, -0.2) is 8.42 Å². The van der Waals surface area contributed by atoms with Gasteiger partial charge in [0.1, 0.15) is 0 Å². The Morgan fingerprint density at radius 2 is 1.96 bits per heavy atom. The van der Waals surface area contributed by atoms with Gasteiger partial charge in [0.2, 0.25) is 0 Å². The van der Waals surface area contributed by atoms with E-state index in [9.17, 15) is 8.42 Å². The van der Waals surface area contributed by atoms with Gasteiger partial charge in [0.25, 0.3) is 10.0 Å². The van der Waals surface area contributed by atoms with E-state index in [2.05, 4.69) is 16.4 Å². The average molecular weight is 327 g/mol. The van der Waals surface area contributed by atoms with Crippen molar-refractivity contribution in [3.63, 3.8) is 0 Å². The highest BCUT2D eigenvalue weighted by Gasteiger charge is 2.16. The highest BCUT2D eigenvalue weighted by molar-refractivity contribution is 7.92. The van der Waals surface area contributed by atoms with E-state index in [4.69, 9.17) is 0 Å². The first-order chi connectivity index (χ1) is 11.0. The van der Waals surface area contributed by atoms with Crippen molar-refractivity contribution in [2.45, 2.75) is 18.4 Å². The normalized spacial score (nSPS) is 11.5. The van der Waals surface area contributed by atoms with E-state index < -0.39 is 10.0 Å². The van der Waals surface area contributed by atoms with Gasteiger partial charge in [-0.05, 0) is 31.2 Å². The summed E-state index contributed by atoms with van der Waals surface area (Å²) in [4.78, 5) is 0.235. The average Bonchev–Trinajstić information content (AvgIpc) is 2.92. The van der Waals surface area contributed by atoms with Gasteiger partial charge in [-0.1, -0.05) is 29.8 Å². The van der Waals surface area contributed by atoms with Crippen LogP contribution in [0.1, 0.15) is 5.56 Å². The van der Waals surface area contributed by atoms with Crippen molar-refractivity contribution in [2.75, 3.05) is 4.72 Å². The molecular formula is C17H17N3O2S. The van der Waals surface area contributed by atoms with E-state index in [1.54, 1.807) is 53.4 Å². The summed E-state index contributed by atoms with van der Waals surface area (Å²) in [5, 5.41) is 5.03. The lowest BCUT2D eigenvalue weighted by molar-refractivity contribution is 0.601. The predicted molar refractivity (Wildman–Crippen MR) is 91.9 cm³/mol. The van der Waals surface area contributed by atoms with Crippen LogP contribution in [0.15, 0.2) is 66.2 Å². The molecule has 3 rings (SSSR count). The molecule has 0 aliphatic carbocycles. The summed E-state index contributed by atoms with van der Waals surface area (Å²) in [6.45, 7) is 6.18. The maximum atomic E-state index is 12.5. The van der Waals surface area contributed by atoms with E-state index >= 15 is 0 Å². The smallest absolute Gasteiger partial charge is 0.261 e. The van der Waals surface area contributed by atoms with Crippen molar-refractivity contribution < 1.29 is 8.42 Å². The standard InChI is InChI=1S/C17H17N3O2S/c1-3-11-20-17-6-4-5-16(15(17)12-18-20)19-23(21,22)14-9-7-13(2)8-10-14/h3-10,12,19H,1,11H2,2H3. The fourth-order valence-electron chi connectivity index (χ4n) is 2.38. The van der Waals surface area contributed by atoms with Gasteiger partial charge in [0.05, 0.1) is 28.8 Å². The zero-order valence-corrected chi connectivity index (χ0v) is 13.5. The number of benzene rings is 2. The molecule has 0 saturated heterocycles. The van der Waals surface area contributed by atoms with Gasteiger partial charge >= 0.3 is 0 Å². The van der Waals surface area contributed by atoms with Crippen LogP contribution >= 0.6 is 0 Å². The molecule has 1 aromatic heterocycles. The topological polar surface area (TPSA) is 64.0 Å². The lowest BCUT2D eigenvalue weighted by Gasteiger charge is -2.09. The van der Waals surface area contributed by atoms with Crippen LogP contribution in [0.4, 0.5) is 5.69 Å². The molecule has 0 aliphatic heterocycles. The van der Waals surface area contributed by atoms with E-state index in [1.165, 1.54) is 0 Å². The fraction of sp³-hybridized carbons (Fsp3) is 0.118. The molecule has 0 aliphatic rings. The molecule has 1 N–H and O–H groups in total. The summed E-state index contributed by atoms with van der Waals surface area (Å²) in [6.07, 6.45) is 3.40. The molecule has 3 aromatic rings. The molecular weight excluding hydrogens is 310 g/mol. The lowest BCUT2D eigenvalue weighted by atomic mass is 10.2. The molecule has 0 saturated carbocycles. The van der Waals surface area contributed by atoms with Crippen molar-refractivity contribution in [3.8, 4) is 0 Å². The van der Waals surface area contributed by atoms with Gasteiger partial charge < -0.3 is 0 Å². The van der Waals surface area contributed by atoms with Crippen LogP contribution in [-0.2, 0) is 16.6 Å². The first-order valence-electron chi connectivity index (χ1n) is 7.16. The number of allylic oxidation sites excluding steroid dienone is 1. The van der Waals surface area contributed by atoms with Crippen LogP contribution in [0.5, 0.6) is 0 Å². The Labute approximate surface area is 135 Å². The summed E-state index contributed by atoms with van der Waals surface area (Å²) in [7, 11) is -3.63.